The van der Waals surface area contributed by atoms with Crippen LogP contribution in [0.4, 0.5) is 0 Å². The van der Waals surface area contributed by atoms with Crippen molar-refractivity contribution in [3.8, 4) is 11.5 Å². The van der Waals surface area contributed by atoms with Crippen LogP contribution in [0, 0.1) is 0 Å². The molecule has 7 nitrogen and oxygen atoms in total. The van der Waals surface area contributed by atoms with Crippen molar-refractivity contribution in [3.63, 3.8) is 0 Å². The quantitative estimate of drug-likeness (QED) is 0.838. The van der Waals surface area contributed by atoms with Crippen LogP contribution in [0.25, 0.3) is 0 Å². The molecule has 0 N–H and O–H groups in total. The van der Waals surface area contributed by atoms with Gasteiger partial charge in [0.15, 0.2) is 11.5 Å². The first-order valence-corrected chi connectivity index (χ1v) is 8.62. The number of aromatic nitrogens is 2. The molecule has 0 radical (unpaired) electrons. The maximum Gasteiger partial charge on any atom is 0.246 e. The molecule has 124 valence electrons. The number of hydrogen-bond acceptors (Lipinski definition) is 5. The number of ether oxygens (including phenoxy) is 2. The Morgan fingerprint density at radius 2 is 1.78 bits per heavy atom. The summed E-state index contributed by atoms with van der Waals surface area (Å²) in [4.78, 5) is 0.212. The Morgan fingerprint density at radius 3 is 2.35 bits per heavy atom. The van der Waals surface area contributed by atoms with Crippen LogP contribution in [-0.4, -0.2) is 43.3 Å². The lowest BCUT2D eigenvalue weighted by Gasteiger charge is -2.28. The Morgan fingerprint density at radius 1 is 1.13 bits per heavy atom. The molecule has 1 aromatic heterocycles. The second kappa shape index (κ2) is 5.86. The van der Waals surface area contributed by atoms with Gasteiger partial charge in [0.05, 0.1) is 20.4 Å². The second-order valence-corrected chi connectivity index (χ2v) is 7.35. The number of benzene rings is 1. The summed E-state index contributed by atoms with van der Waals surface area (Å²) in [5, 5.41) is 3.95. The van der Waals surface area contributed by atoms with Crippen LogP contribution in [0.3, 0.4) is 0 Å². The van der Waals surface area contributed by atoms with E-state index >= 15 is 0 Å². The lowest BCUT2D eigenvalue weighted by atomic mass is 10.0. The van der Waals surface area contributed by atoms with Gasteiger partial charge < -0.3 is 9.47 Å². The van der Waals surface area contributed by atoms with E-state index in [1.165, 1.54) is 21.4 Å². The highest BCUT2D eigenvalue weighted by molar-refractivity contribution is 7.89. The van der Waals surface area contributed by atoms with Crippen molar-refractivity contribution in [2.24, 2.45) is 7.05 Å². The zero-order valence-electron chi connectivity index (χ0n) is 13.3. The molecule has 1 aromatic carbocycles. The molecular weight excluding hydrogens is 318 g/mol. The molecule has 0 saturated carbocycles. The molecule has 0 unspecified atom stereocenters. The molecule has 8 heteroatoms. The number of nitrogens with zero attached hydrogens (tertiary/aromatic N) is 3. The van der Waals surface area contributed by atoms with Gasteiger partial charge in [0.1, 0.15) is 4.90 Å². The van der Waals surface area contributed by atoms with Gasteiger partial charge in [-0.05, 0) is 29.7 Å². The van der Waals surface area contributed by atoms with Crippen molar-refractivity contribution in [2.45, 2.75) is 17.9 Å². The Balaban J connectivity index is 1.93. The van der Waals surface area contributed by atoms with E-state index in [9.17, 15) is 8.42 Å². The number of rotatable bonds is 4. The summed E-state index contributed by atoms with van der Waals surface area (Å²) < 4.78 is 39.0. The standard InChI is InChI=1S/C15H19N3O4S/c1-17-10-13(8-16-17)23(19,20)18-5-4-11-6-14(21-2)15(22-3)7-12(11)9-18/h6-8,10H,4-5,9H2,1-3H3. The van der Waals surface area contributed by atoms with Gasteiger partial charge in [0, 0.05) is 26.3 Å². The van der Waals surface area contributed by atoms with Crippen LogP contribution in [0.2, 0.25) is 0 Å². The van der Waals surface area contributed by atoms with Crippen LogP contribution in [0.15, 0.2) is 29.4 Å². The largest absolute Gasteiger partial charge is 0.493 e. The minimum absolute atomic E-state index is 0.212. The fourth-order valence-corrected chi connectivity index (χ4v) is 4.15. The molecule has 0 bridgehead atoms. The smallest absolute Gasteiger partial charge is 0.246 e. The van der Waals surface area contributed by atoms with Gasteiger partial charge in [-0.3, -0.25) is 4.68 Å². The Bertz CT molecular complexity index is 829. The Hall–Kier alpha value is -2.06. The van der Waals surface area contributed by atoms with Crippen molar-refractivity contribution in [1.82, 2.24) is 14.1 Å². The van der Waals surface area contributed by atoms with Gasteiger partial charge in [-0.25, -0.2) is 8.42 Å². The number of fused-ring (bicyclic) bond motifs is 1. The molecule has 2 heterocycles. The summed E-state index contributed by atoms with van der Waals surface area (Å²) in [5.74, 6) is 1.27. The van der Waals surface area contributed by atoms with Crippen LogP contribution in [-0.2, 0) is 30.0 Å². The maximum atomic E-state index is 12.7. The highest BCUT2D eigenvalue weighted by atomic mass is 32.2. The highest BCUT2D eigenvalue weighted by Gasteiger charge is 2.30. The van der Waals surface area contributed by atoms with E-state index in [1.807, 2.05) is 12.1 Å². The molecule has 0 fully saturated rings. The average molecular weight is 337 g/mol. The number of aryl methyl sites for hydroxylation is 1. The van der Waals surface area contributed by atoms with Gasteiger partial charge in [-0.1, -0.05) is 0 Å². The number of hydrogen-bond donors (Lipinski definition) is 0. The third kappa shape index (κ3) is 2.79. The SMILES string of the molecule is COc1cc2c(cc1OC)CN(S(=O)(=O)c1cnn(C)c1)CC2. The van der Waals surface area contributed by atoms with E-state index in [-0.39, 0.29) is 4.90 Å². The first-order valence-electron chi connectivity index (χ1n) is 7.18. The zero-order valence-corrected chi connectivity index (χ0v) is 14.1. The van der Waals surface area contributed by atoms with Gasteiger partial charge in [-0.15, -0.1) is 0 Å². The predicted molar refractivity (Wildman–Crippen MR) is 84.1 cm³/mol. The molecular formula is C15H19N3O4S. The van der Waals surface area contributed by atoms with Crippen molar-refractivity contribution in [3.05, 3.63) is 35.7 Å². The molecule has 0 atom stereocenters. The van der Waals surface area contributed by atoms with Gasteiger partial charge >= 0.3 is 0 Å². The van der Waals surface area contributed by atoms with E-state index in [2.05, 4.69) is 5.10 Å². The molecule has 0 spiro atoms. The van der Waals surface area contributed by atoms with Crippen molar-refractivity contribution in [2.75, 3.05) is 20.8 Å². The predicted octanol–water partition coefficient (Wildman–Crippen LogP) is 1.18. The molecule has 0 amide bonds. The summed E-state index contributed by atoms with van der Waals surface area (Å²) in [7, 11) is 1.31. The van der Waals surface area contributed by atoms with Crippen molar-refractivity contribution in [1.29, 1.82) is 0 Å². The summed E-state index contributed by atoms with van der Waals surface area (Å²) >= 11 is 0. The molecule has 23 heavy (non-hydrogen) atoms. The van der Waals surface area contributed by atoms with Crippen LogP contribution >= 0.6 is 0 Å². The first-order chi connectivity index (χ1) is 11.0. The Labute approximate surface area is 135 Å². The minimum atomic E-state index is -3.54. The first kappa shape index (κ1) is 15.8. The topological polar surface area (TPSA) is 73.7 Å². The normalized spacial score (nSPS) is 15.3. The van der Waals surface area contributed by atoms with Gasteiger partial charge in [0.25, 0.3) is 0 Å². The monoisotopic (exact) mass is 337 g/mol. The second-order valence-electron chi connectivity index (χ2n) is 5.41. The lowest BCUT2D eigenvalue weighted by molar-refractivity contribution is 0.348. The van der Waals surface area contributed by atoms with Gasteiger partial charge in [0.2, 0.25) is 10.0 Å². The van der Waals surface area contributed by atoms with Crippen LogP contribution < -0.4 is 9.47 Å². The lowest BCUT2D eigenvalue weighted by Crippen LogP contribution is -2.35. The van der Waals surface area contributed by atoms with E-state index in [0.717, 1.165) is 11.1 Å². The van der Waals surface area contributed by atoms with Crippen LogP contribution in [0.5, 0.6) is 11.5 Å². The molecule has 1 aliphatic rings. The highest BCUT2D eigenvalue weighted by Crippen LogP contribution is 2.34. The third-order valence-corrected chi connectivity index (χ3v) is 5.80. The van der Waals surface area contributed by atoms with Crippen molar-refractivity contribution >= 4 is 10.0 Å². The van der Waals surface area contributed by atoms with E-state index in [1.54, 1.807) is 21.3 Å². The summed E-state index contributed by atoms with van der Waals surface area (Å²) in [6.07, 6.45) is 3.52. The fraction of sp³-hybridized carbons (Fsp3) is 0.400. The Kier molecular flexibility index (Phi) is 4.03. The molecule has 1 aliphatic heterocycles. The average Bonchev–Trinajstić information content (AvgIpc) is 3.00. The van der Waals surface area contributed by atoms with Gasteiger partial charge in [-0.2, -0.15) is 9.40 Å². The van der Waals surface area contributed by atoms with Crippen LogP contribution in [0.1, 0.15) is 11.1 Å². The zero-order chi connectivity index (χ0) is 16.6. The summed E-state index contributed by atoms with van der Waals surface area (Å²) in [6, 6.07) is 3.77. The minimum Gasteiger partial charge on any atom is -0.493 e. The molecule has 0 saturated heterocycles. The molecule has 2 aromatic rings. The van der Waals surface area contributed by atoms with E-state index in [0.29, 0.717) is 31.0 Å². The summed E-state index contributed by atoms with van der Waals surface area (Å²) in [6.45, 7) is 0.743. The fourth-order valence-electron chi connectivity index (χ4n) is 2.74. The van der Waals surface area contributed by atoms with Crippen molar-refractivity contribution < 1.29 is 17.9 Å². The number of methoxy groups -OCH3 is 2. The molecule has 3 rings (SSSR count). The third-order valence-electron chi connectivity index (χ3n) is 4.00. The van der Waals surface area contributed by atoms with E-state index < -0.39 is 10.0 Å². The van der Waals surface area contributed by atoms with E-state index in [4.69, 9.17) is 9.47 Å². The molecule has 0 aliphatic carbocycles. The number of sulfonamides is 1. The summed E-state index contributed by atoms with van der Waals surface area (Å²) in [5.41, 5.74) is 2.02. The maximum absolute atomic E-state index is 12.7.